The molecule has 0 spiro atoms. The Kier molecular flexibility index (Phi) is 3.37. The van der Waals surface area contributed by atoms with Gasteiger partial charge in [0.15, 0.2) is 0 Å². The van der Waals surface area contributed by atoms with E-state index in [9.17, 15) is 4.79 Å². The van der Waals surface area contributed by atoms with Crippen LogP contribution in [0.3, 0.4) is 0 Å². The zero-order chi connectivity index (χ0) is 9.80. The van der Waals surface area contributed by atoms with E-state index in [0.29, 0.717) is 6.04 Å². The van der Waals surface area contributed by atoms with E-state index in [1.54, 1.807) is 0 Å². The van der Waals surface area contributed by atoms with Crippen LogP contribution in [-0.4, -0.2) is 61.5 Å². The quantitative estimate of drug-likeness (QED) is 0.607. The lowest BCUT2D eigenvalue weighted by molar-refractivity contribution is -0.120. The largest absolute Gasteiger partial charge is 0.343 e. The highest BCUT2D eigenvalue weighted by atomic mass is 16.1. The van der Waals surface area contributed by atoms with Gasteiger partial charge in [0.25, 0.3) is 0 Å². The molecule has 2 saturated heterocycles. The van der Waals surface area contributed by atoms with Gasteiger partial charge in [-0.2, -0.15) is 0 Å². The Morgan fingerprint density at radius 3 is 2.57 bits per heavy atom. The summed E-state index contributed by atoms with van der Waals surface area (Å²) in [7, 11) is 0. The third-order valence-electron chi connectivity index (χ3n) is 3.29. The Bertz CT molecular complexity index is 184. The van der Waals surface area contributed by atoms with Crippen LogP contribution in [0.25, 0.3) is 0 Å². The van der Waals surface area contributed by atoms with Gasteiger partial charge in [0.05, 0.1) is 0 Å². The Morgan fingerprint density at radius 1 is 1.21 bits per heavy atom. The number of piperazine rings is 1. The fraction of sp³-hybridized carbons (Fsp3) is 0.900. The van der Waals surface area contributed by atoms with E-state index in [2.05, 4.69) is 10.2 Å². The average molecular weight is 197 g/mol. The first kappa shape index (κ1) is 9.93. The molecule has 4 nitrogen and oxygen atoms in total. The van der Waals surface area contributed by atoms with E-state index >= 15 is 0 Å². The normalized spacial score (nSPS) is 30.3. The summed E-state index contributed by atoms with van der Waals surface area (Å²) in [5.41, 5.74) is 0. The molecule has 0 aromatic carbocycles. The van der Waals surface area contributed by atoms with Crippen molar-refractivity contribution >= 4 is 6.41 Å². The summed E-state index contributed by atoms with van der Waals surface area (Å²) in [5.74, 6) is 0. The van der Waals surface area contributed by atoms with Gasteiger partial charge in [-0.05, 0) is 19.4 Å². The molecule has 0 aromatic rings. The molecular formula is C10H19N3O. The van der Waals surface area contributed by atoms with Crippen LogP contribution in [-0.2, 0) is 4.79 Å². The molecule has 1 atom stereocenters. The van der Waals surface area contributed by atoms with Gasteiger partial charge < -0.3 is 10.2 Å². The second-order valence-electron chi connectivity index (χ2n) is 4.18. The van der Waals surface area contributed by atoms with E-state index in [4.69, 9.17) is 0 Å². The van der Waals surface area contributed by atoms with E-state index in [1.807, 2.05) is 4.90 Å². The number of nitrogens with zero attached hydrogens (tertiary/aromatic N) is 2. The fourth-order valence-corrected chi connectivity index (χ4v) is 2.35. The third-order valence-corrected chi connectivity index (χ3v) is 3.29. The van der Waals surface area contributed by atoms with E-state index in [-0.39, 0.29) is 0 Å². The second-order valence-corrected chi connectivity index (χ2v) is 4.18. The first-order valence-electron chi connectivity index (χ1n) is 5.54. The van der Waals surface area contributed by atoms with Gasteiger partial charge in [0, 0.05) is 38.8 Å². The van der Waals surface area contributed by atoms with E-state index in [0.717, 1.165) is 39.1 Å². The molecule has 4 heteroatoms. The van der Waals surface area contributed by atoms with Crippen molar-refractivity contribution in [3.05, 3.63) is 0 Å². The summed E-state index contributed by atoms with van der Waals surface area (Å²) in [6.45, 7) is 6.20. The van der Waals surface area contributed by atoms with Crippen LogP contribution in [0.15, 0.2) is 0 Å². The van der Waals surface area contributed by atoms with Crippen LogP contribution in [0.2, 0.25) is 0 Å². The average Bonchev–Trinajstić information content (AvgIpc) is 2.30. The summed E-state index contributed by atoms with van der Waals surface area (Å²) in [6, 6.07) is 0.706. The van der Waals surface area contributed by atoms with Crippen LogP contribution >= 0.6 is 0 Å². The number of amides is 1. The molecule has 2 aliphatic heterocycles. The minimum Gasteiger partial charge on any atom is -0.343 e. The van der Waals surface area contributed by atoms with Gasteiger partial charge in [-0.3, -0.25) is 9.69 Å². The first-order chi connectivity index (χ1) is 6.90. The maximum atomic E-state index is 10.5. The van der Waals surface area contributed by atoms with Gasteiger partial charge in [-0.25, -0.2) is 0 Å². The summed E-state index contributed by atoms with van der Waals surface area (Å²) in [6.07, 6.45) is 3.57. The van der Waals surface area contributed by atoms with E-state index < -0.39 is 0 Å². The minimum atomic E-state index is 0.706. The summed E-state index contributed by atoms with van der Waals surface area (Å²) in [4.78, 5) is 14.9. The first-order valence-corrected chi connectivity index (χ1v) is 5.54. The van der Waals surface area contributed by atoms with Crippen molar-refractivity contribution in [1.29, 1.82) is 0 Å². The lowest BCUT2D eigenvalue weighted by Crippen LogP contribution is -2.53. The van der Waals surface area contributed by atoms with Crippen LogP contribution in [0, 0.1) is 0 Å². The van der Waals surface area contributed by atoms with Crippen molar-refractivity contribution in [1.82, 2.24) is 15.1 Å². The molecule has 1 N–H and O–H groups in total. The molecule has 0 aromatic heterocycles. The van der Waals surface area contributed by atoms with E-state index in [1.165, 1.54) is 19.4 Å². The van der Waals surface area contributed by atoms with Crippen LogP contribution in [0.1, 0.15) is 12.8 Å². The number of rotatable bonds is 2. The molecule has 2 aliphatic rings. The van der Waals surface area contributed by atoms with Gasteiger partial charge in [0.1, 0.15) is 0 Å². The Hall–Kier alpha value is -0.610. The number of hydrogen-bond donors (Lipinski definition) is 1. The third kappa shape index (κ3) is 2.25. The second kappa shape index (κ2) is 4.75. The molecule has 0 saturated carbocycles. The maximum Gasteiger partial charge on any atom is 0.209 e. The topological polar surface area (TPSA) is 35.6 Å². The van der Waals surface area contributed by atoms with Crippen molar-refractivity contribution in [2.45, 2.75) is 18.9 Å². The predicted molar refractivity (Wildman–Crippen MR) is 55.1 cm³/mol. The molecule has 0 aliphatic carbocycles. The van der Waals surface area contributed by atoms with Crippen molar-refractivity contribution < 1.29 is 4.79 Å². The minimum absolute atomic E-state index is 0.706. The lowest BCUT2D eigenvalue weighted by atomic mass is 10.1. The van der Waals surface area contributed by atoms with Crippen molar-refractivity contribution in [2.24, 2.45) is 0 Å². The fourth-order valence-electron chi connectivity index (χ4n) is 2.35. The maximum absolute atomic E-state index is 10.5. The number of nitrogens with one attached hydrogen (secondary N) is 1. The molecule has 14 heavy (non-hydrogen) atoms. The smallest absolute Gasteiger partial charge is 0.209 e. The van der Waals surface area contributed by atoms with Crippen LogP contribution in [0.4, 0.5) is 0 Å². The van der Waals surface area contributed by atoms with Crippen molar-refractivity contribution in [3.63, 3.8) is 0 Å². The summed E-state index contributed by atoms with van der Waals surface area (Å²) in [5, 5.41) is 3.43. The molecule has 1 amide bonds. The number of carbonyl (C=O) groups excluding carboxylic acids is 1. The molecule has 0 radical (unpaired) electrons. The van der Waals surface area contributed by atoms with Gasteiger partial charge in [-0.15, -0.1) is 0 Å². The Morgan fingerprint density at radius 2 is 2.00 bits per heavy atom. The van der Waals surface area contributed by atoms with Crippen LogP contribution in [0.5, 0.6) is 0 Å². The summed E-state index contributed by atoms with van der Waals surface area (Å²) >= 11 is 0. The zero-order valence-electron chi connectivity index (χ0n) is 8.61. The Labute approximate surface area is 85.2 Å². The van der Waals surface area contributed by atoms with Crippen molar-refractivity contribution in [3.8, 4) is 0 Å². The highest BCUT2D eigenvalue weighted by Gasteiger charge is 2.24. The zero-order valence-corrected chi connectivity index (χ0v) is 8.61. The SMILES string of the molecule is O=CN1CCN(C2CCCNC2)CC1. The number of piperidine rings is 1. The molecular weight excluding hydrogens is 178 g/mol. The molecule has 80 valence electrons. The molecule has 2 fully saturated rings. The predicted octanol–water partition coefficient (Wildman–Crippen LogP) is -0.488. The van der Waals surface area contributed by atoms with Crippen LogP contribution < -0.4 is 5.32 Å². The van der Waals surface area contributed by atoms with Gasteiger partial charge in [0.2, 0.25) is 6.41 Å². The molecule has 2 rings (SSSR count). The monoisotopic (exact) mass is 197 g/mol. The Balaban J connectivity index is 1.78. The highest BCUT2D eigenvalue weighted by Crippen LogP contribution is 2.12. The lowest BCUT2D eigenvalue weighted by Gasteiger charge is -2.39. The number of carbonyl (C=O) groups is 1. The van der Waals surface area contributed by atoms with Gasteiger partial charge in [-0.1, -0.05) is 0 Å². The molecule has 2 heterocycles. The van der Waals surface area contributed by atoms with Crippen molar-refractivity contribution in [2.75, 3.05) is 39.3 Å². The van der Waals surface area contributed by atoms with Gasteiger partial charge >= 0.3 is 0 Å². The molecule has 1 unspecified atom stereocenters. The molecule has 0 bridgehead atoms. The number of hydrogen-bond acceptors (Lipinski definition) is 3. The standard InChI is InChI=1S/C10H19N3O/c14-9-12-4-6-13(7-5-12)10-2-1-3-11-8-10/h9-11H,1-8H2. The highest BCUT2D eigenvalue weighted by molar-refractivity contribution is 5.47. The summed E-state index contributed by atoms with van der Waals surface area (Å²) < 4.78 is 0.